The second-order valence-corrected chi connectivity index (χ2v) is 3.40. The van der Waals surface area contributed by atoms with E-state index < -0.39 is 17.7 Å². The maximum atomic E-state index is 13.2. The quantitative estimate of drug-likeness (QED) is 0.836. The normalized spacial score (nSPS) is 12.3. The van der Waals surface area contributed by atoms with Gasteiger partial charge >= 0.3 is 5.97 Å². The van der Waals surface area contributed by atoms with Gasteiger partial charge < -0.3 is 9.84 Å². The Morgan fingerprint density at radius 2 is 2.13 bits per heavy atom. The fourth-order valence-corrected chi connectivity index (χ4v) is 1.33. The van der Waals surface area contributed by atoms with Crippen LogP contribution in [0.1, 0.15) is 24.0 Å². The van der Waals surface area contributed by atoms with Gasteiger partial charge in [0.1, 0.15) is 11.6 Å². The molecule has 1 rings (SSSR count). The van der Waals surface area contributed by atoms with Crippen LogP contribution in [0.5, 0.6) is 5.75 Å². The molecule has 0 aliphatic heterocycles. The van der Waals surface area contributed by atoms with E-state index in [1.165, 1.54) is 26.2 Å². The Kier molecular flexibility index (Phi) is 3.29. The lowest BCUT2D eigenvalue weighted by Crippen LogP contribution is -2.09. The summed E-state index contributed by atoms with van der Waals surface area (Å²) < 4.78 is 18.1. The van der Waals surface area contributed by atoms with Crippen LogP contribution in [0.4, 0.5) is 4.39 Å². The second-order valence-electron chi connectivity index (χ2n) is 3.40. The predicted octanol–water partition coefficient (Wildman–Crippen LogP) is 2.33. The molecule has 4 heteroatoms. The van der Waals surface area contributed by atoms with Crippen LogP contribution >= 0.6 is 0 Å². The molecule has 0 saturated heterocycles. The van der Waals surface area contributed by atoms with Gasteiger partial charge in [-0.3, -0.25) is 4.79 Å². The Labute approximate surface area is 87.5 Å². The number of carboxylic acid groups (broad SMARTS) is 1. The number of carboxylic acids is 1. The molecule has 0 heterocycles. The van der Waals surface area contributed by atoms with Crippen molar-refractivity contribution in [2.75, 3.05) is 7.11 Å². The van der Waals surface area contributed by atoms with Gasteiger partial charge in [-0.1, -0.05) is 0 Å². The molecule has 1 atom stereocenters. The molecule has 1 N–H and O–H groups in total. The molecular formula is C11H13FO3. The number of benzene rings is 1. The van der Waals surface area contributed by atoms with Crippen molar-refractivity contribution in [3.63, 3.8) is 0 Å². The Bertz CT molecular complexity index is 388. The van der Waals surface area contributed by atoms with Crippen LogP contribution in [-0.2, 0) is 4.79 Å². The summed E-state index contributed by atoms with van der Waals surface area (Å²) in [5.41, 5.74) is 0.905. The van der Waals surface area contributed by atoms with Crippen molar-refractivity contribution in [2.45, 2.75) is 19.8 Å². The van der Waals surface area contributed by atoms with Crippen LogP contribution in [0.3, 0.4) is 0 Å². The zero-order chi connectivity index (χ0) is 11.6. The first kappa shape index (κ1) is 11.5. The summed E-state index contributed by atoms with van der Waals surface area (Å²) in [5, 5.41) is 8.87. The molecule has 0 saturated carbocycles. The molecule has 0 aliphatic carbocycles. The molecule has 0 aliphatic rings. The summed E-state index contributed by atoms with van der Waals surface area (Å²) in [6.07, 6.45) is 0. The lowest BCUT2D eigenvalue weighted by Gasteiger charge is -2.13. The van der Waals surface area contributed by atoms with Crippen LogP contribution < -0.4 is 4.74 Å². The summed E-state index contributed by atoms with van der Waals surface area (Å²) in [4.78, 5) is 10.8. The lowest BCUT2D eigenvalue weighted by atomic mass is 9.98. The average Bonchev–Trinajstić information content (AvgIpc) is 2.20. The van der Waals surface area contributed by atoms with Crippen LogP contribution in [0, 0.1) is 12.7 Å². The maximum absolute atomic E-state index is 13.2. The topological polar surface area (TPSA) is 46.5 Å². The van der Waals surface area contributed by atoms with Crippen molar-refractivity contribution >= 4 is 5.97 Å². The second kappa shape index (κ2) is 4.29. The third-order valence-corrected chi connectivity index (χ3v) is 2.35. The Morgan fingerprint density at radius 3 is 2.60 bits per heavy atom. The molecule has 0 spiro atoms. The first-order valence-corrected chi connectivity index (χ1v) is 4.54. The number of hydrogen-bond donors (Lipinski definition) is 1. The van der Waals surface area contributed by atoms with Gasteiger partial charge in [-0.2, -0.15) is 0 Å². The molecule has 0 bridgehead atoms. The predicted molar refractivity (Wildman–Crippen MR) is 53.7 cm³/mol. The standard InChI is InChI=1S/C11H13FO3/c1-6-4-8(7(2)11(13)14)10(15-3)5-9(6)12/h4-5,7H,1-3H3,(H,13,14). The average molecular weight is 212 g/mol. The SMILES string of the molecule is COc1cc(F)c(C)cc1C(C)C(=O)O. The fourth-order valence-electron chi connectivity index (χ4n) is 1.33. The van der Waals surface area contributed by atoms with Crippen molar-refractivity contribution in [1.29, 1.82) is 0 Å². The number of aryl methyl sites for hydroxylation is 1. The first-order chi connectivity index (χ1) is 6.97. The van der Waals surface area contributed by atoms with Crippen molar-refractivity contribution in [2.24, 2.45) is 0 Å². The molecule has 15 heavy (non-hydrogen) atoms. The highest BCUT2D eigenvalue weighted by Crippen LogP contribution is 2.29. The largest absolute Gasteiger partial charge is 0.496 e. The van der Waals surface area contributed by atoms with E-state index in [9.17, 15) is 9.18 Å². The van der Waals surface area contributed by atoms with Gasteiger partial charge in [-0.25, -0.2) is 4.39 Å². The molecule has 3 nitrogen and oxygen atoms in total. The fraction of sp³-hybridized carbons (Fsp3) is 0.364. The van der Waals surface area contributed by atoms with Crippen LogP contribution in [-0.4, -0.2) is 18.2 Å². The van der Waals surface area contributed by atoms with E-state index in [-0.39, 0.29) is 5.75 Å². The lowest BCUT2D eigenvalue weighted by molar-refractivity contribution is -0.138. The number of aliphatic carboxylic acids is 1. The molecule has 1 aromatic carbocycles. The minimum absolute atomic E-state index is 0.271. The van der Waals surface area contributed by atoms with Crippen molar-refractivity contribution in [1.82, 2.24) is 0 Å². The van der Waals surface area contributed by atoms with Crippen LogP contribution in [0.25, 0.3) is 0 Å². The number of rotatable bonds is 3. The van der Waals surface area contributed by atoms with E-state index in [4.69, 9.17) is 9.84 Å². The molecule has 0 amide bonds. The molecule has 0 fully saturated rings. The summed E-state index contributed by atoms with van der Waals surface area (Å²) >= 11 is 0. The van der Waals surface area contributed by atoms with E-state index in [1.807, 2.05) is 0 Å². The molecular weight excluding hydrogens is 199 g/mol. The van der Waals surface area contributed by atoms with Crippen molar-refractivity contribution in [3.8, 4) is 5.75 Å². The third kappa shape index (κ3) is 2.26. The first-order valence-electron chi connectivity index (χ1n) is 4.54. The minimum Gasteiger partial charge on any atom is -0.496 e. The number of methoxy groups -OCH3 is 1. The van der Waals surface area contributed by atoms with Gasteiger partial charge in [-0.05, 0) is 25.5 Å². The third-order valence-electron chi connectivity index (χ3n) is 2.35. The zero-order valence-corrected chi connectivity index (χ0v) is 8.87. The van der Waals surface area contributed by atoms with Gasteiger partial charge in [0.15, 0.2) is 0 Å². The van der Waals surface area contributed by atoms with E-state index in [1.54, 1.807) is 6.92 Å². The highest BCUT2D eigenvalue weighted by atomic mass is 19.1. The Balaban J connectivity index is 3.27. The number of ether oxygens (including phenoxy) is 1. The van der Waals surface area contributed by atoms with E-state index in [0.717, 1.165) is 0 Å². The maximum Gasteiger partial charge on any atom is 0.310 e. The van der Waals surface area contributed by atoms with E-state index >= 15 is 0 Å². The summed E-state index contributed by atoms with van der Waals surface area (Å²) in [7, 11) is 1.39. The Hall–Kier alpha value is -1.58. The molecule has 1 aromatic rings. The Morgan fingerprint density at radius 1 is 1.53 bits per heavy atom. The van der Waals surface area contributed by atoms with E-state index in [2.05, 4.69) is 0 Å². The molecule has 0 aromatic heterocycles. The zero-order valence-electron chi connectivity index (χ0n) is 8.87. The van der Waals surface area contributed by atoms with E-state index in [0.29, 0.717) is 11.1 Å². The smallest absolute Gasteiger partial charge is 0.310 e. The summed E-state index contributed by atoms with van der Waals surface area (Å²) in [5.74, 6) is -1.79. The molecule has 0 radical (unpaired) electrons. The van der Waals surface area contributed by atoms with Gasteiger partial charge in [0.2, 0.25) is 0 Å². The molecule has 1 unspecified atom stereocenters. The van der Waals surface area contributed by atoms with Gasteiger partial charge in [-0.15, -0.1) is 0 Å². The summed E-state index contributed by atoms with van der Waals surface area (Å²) in [6.45, 7) is 3.13. The van der Waals surface area contributed by atoms with Crippen LogP contribution in [0.2, 0.25) is 0 Å². The highest BCUT2D eigenvalue weighted by molar-refractivity contribution is 5.76. The van der Waals surface area contributed by atoms with Gasteiger partial charge in [0.25, 0.3) is 0 Å². The van der Waals surface area contributed by atoms with Crippen molar-refractivity contribution < 1.29 is 19.0 Å². The molecule has 82 valence electrons. The number of halogens is 1. The van der Waals surface area contributed by atoms with Crippen molar-refractivity contribution in [3.05, 3.63) is 29.1 Å². The number of carbonyl (C=O) groups is 1. The van der Waals surface area contributed by atoms with Crippen LogP contribution in [0.15, 0.2) is 12.1 Å². The highest BCUT2D eigenvalue weighted by Gasteiger charge is 2.19. The monoisotopic (exact) mass is 212 g/mol. The summed E-state index contributed by atoms with van der Waals surface area (Å²) in [6, 6.07) is 2.72. The van der Waals surface area contributed by atoms with Gasteiger partial charge in [0.05, 0.1) is 13.0 Å². The number of hydrogen-bond acceptors (Lipinski definition) is 2. The minimum atomic E-state index is -0.959. The van der Waals surface area contributed by atoms with Gasteiger partial charge in [0, 0.05) is 11.6 Å².